The van der Waals surface area contributed by atoms with Crippen molar-refractivity contribution in [2.75, 3.05) is 13.2 Å². The zero-order valence-electron chi connectivity index (χ0n) is 11.5. The number of rotatable bonds is 6. The summed E-state index contributed by atoms with van der Waals surface area (Å²) in [6.45, 7) is 10.8. The van der Waals surface area contributed by atoms with Crippen LogP contribution in [0.25, 0.3) is 0 Å². The first-order valence-electron chi connectivity index (χ1n) is 6.96. The molecule has 1 saturated carbocycles. The molecule has 0 aromatic carbocycles. The molecule has 3 atom stereocenters. The predicted molar refractivity (Wildman–Crippen MR) is 69.7 cm³/mol. The smallest absolute Gasteiger partial charge is 0.0594 e. The van der Waals surface area contributed by atoms with Crippen LogP contribution in [0.3, 0.4) is 0 Å². The van der Waals surface area contributed by atoms with E-state index in [2.05, 4.69) is 33.0 Å². The minimum Gasteiger partial charge on any atom is -0.377 e. The van der Waals surface area contributed by atoms with Crippen LogP contribution in [0.1, 0.15) is 53.4 Å². The average Bonchev–Trinajstić information content (AvgIpc) is 2.26. The number of hydrogen-bond acceptors (Lipinski definition) is 2. The molecule has 0 spiro atoms. The van der Waals surface area contributed by atoms with Crippen molar-refractivity contribution in [3.05, 3.63) is 0 Å². The van der Waals surface area contributed by atoms with Gasteiger partial charge < -0.3 is 10.1 Å². The summed E-state index contributed by atoms with van der Waals surface area (Å²) < 4.78 is 5.77. The molecule has 1 aliphatic carbocycles. The predicted octanol–water partition coefficient (Wildman–Crippen LogP) is 3.22. The minimum absolute atomic E-state index is 0.380. The molecule has 16 heavy (non-hydrogen) atoms. The molecule has 1 rings (SSSR count). The topological polar surface area (TPSA) is 21.3 Å². The molecule has 0 radical (unpaired) electrons. The second-order valence-electron chi connectivity index (χ2n) is 5.64. The Bertz CT molecular complexity index is 182. The van der Waals surface area contributed by atoms with Gasteiger partial charge in [0.1, 0.15) is 0 Å². The first-order valence-corrected chi connectivity index (χ1v) is 6.96. The third-order valence-corrected chi connectivity index (χ3v) is 3.94. The number of nitrogens with one attached hydrogen (secondary N) is 1. The summed E-state index contributed by atoms with van der Waals surface area (Å²) in [4.78, 5) is 0. The first kappa shape index (κ1) is 14.0. The van der Waals surface area contributed by atoms with E-state index in [9.17, 15) is 0 Å². The fourth-order valence-electron chi connectivity index (χ4n) is 2.30. The summed E-state index contributed by atoms with van der Waals surface area (Å²) in [6, 6.07) is 0.728. The molecule has 1 N–H and O–H groups in total. The summed E-state index contributed by atoms with van der Waals surface area (Å²) in [5.41, 5.74) is 0. The van der Waals surface area contributed by atoms with E-state index in [0.717, 1.165) is 25.1 Å². The molecule has 0 saturated heterocycles. The van der Waals surface area contributed by atoms with E-state index in [1.807, 2.05) is 0 Å². The molecule has 0 heterocycles. The molecule has 0 amide bonds. The molecular weight excluding hydrogens is 198 g/mol. The lowest BCUT2D eigenvalue weighted by molar-refractivity contribution is 0.0350. The zero-order chi connectivity index (χ0) is 12.0. The highest BCUT2D eigenvalue weighted by atomic mass is 16.5. The van der Waals surface area contributed by atoms with Crippen molar-refractivity contribution < 1.29 is 4.74 Å². The molecule has 0 aromatic heterocycles. The van der Waals surface area contributed by atoms with E-state index in [4.69, 9.17) is 4.74 Å². The summed E-state index contributed by atoms with van der Waals surface area (Å²) in [5, 5.41) is 3.64. The molecule has 0 bridgehead atoms. The van der Waals surface area contributed by atoms with Gasteiger partial charge in [0.15, 0.2) is 0 Å². The second-order valence-corrected chi connectivity index (χ2v) is 5.64. The van der Waals surface area contributed by atoms with Crippen LogP contribution in [-0.4, -0.2) is 25.3 Å². The van der Waals surface area contributed by atoms with Crippen LogP contribution in [-0.2, 0) is 4.74 Å². The molecule has 3 unspecified atom stereocenters. The molecular formula is C14H29NO. The molecule has 0 aliphatic heterocycles. The third-order valence-electron chi connectivity index (χ3n) is 3.94. The Kier molecular flexibility index (Phi) is 6.37. The highest BCUT2D eigenvalue weighted by molar-refractivity contribution is 4.77. The lowest BCUT2D eigenvalue weighted by Gasteiger charge is -2.30. The van der Waals surface area contributed by atoms with Gasteiger partial charge in [-0.05, 0) is 31.6 Å². The zero-order valence-corrected chi connectivity index (χ0v) is 11.5. The fraction of sp³-hybridized carbons (Fsp3) is 1.00. The summed E-state index contributed by atoms with van der Waals surface area (Å²) in [6.07, 6.45) is 5.93. The molecule has 1 aliphatic rings. The van der Waals surface area contributed by atoms with E-state index in [1.54, 1.807) is 0 Å². The van der Waals surface area contributed by atoms with Gasteiger partial charge in [-0.2, -0.15) is 0 Å². The Morgan fingerprint density at radius 1 is 1.19 bits per heavy atom. The monoisotopic (exact) mass is 227 g/mol. The van der Waals surface area contributed by atoms with Gasteiger partial charge in [0.05, 0.1) is 12.7 Å². The van der Waals surface area contributed by atoms with Crippen LogP contribution in [0, 0.1) is 11.8 Å². The van der Waals surface area contributed by atoms with Gasteiger partial charge in [0, 0.05) is 12.6 Å². The average molecular weight is 227 g/mol. The molecule has 2 nitrogen and oxygen atoms in total. The van der Waals surface area contributed by atoms with Crippen LogP contribution in [0.4, 0.5) is 0 Å². The van der Waals surface area contributed by atoms with Crippen molar-refractivity contribution >= 4 is 0 Å². The molecule has 1 fully saturated rings. The Hall–Kier alpha value is -0.0800. The largest absolute Gasteiger partial charge is 0.377 e. The summed E-state index contributed by atoms with van der Waals surface area (Å²) in [5.74, 6) is 1.46. The van der Waals surface area contributed by atoms with E-state index in [-0.39, 0.29) is 0 Å². The maximum absolute atomic E-state index is 5.77. The van der Waals surface area contributed by atoms with Crippen molar-refractivity contribution in [1.82, 2.24) is 5.32 Å². The molecule has 96 valence electrons. The van der Waals surface area contributed by atoms with Crippen molar-refractivity contribution in [3.8, 4) is 0 Å². The van der Waals surface area contributed by atoms with E-state index < -0.39 is 0 Å². The van der Waals surface area contributed by atoms with Crippen LogP contribution in [0.5, 0.6) is 0 Å². The Balaban J connectivity index is 2.06. The standard InChI is InChI=1S/C14H29NO/c1-11(2)13(4)16-10-9-15-14-8-6-5-7-12(14)3/h11-15H,5-10H2,1-4H3. The Labute approximate surface area is 101 Å². The fourth-order valence-corrected chi connectivity index (χ4v) is 2.30. The van der Waals surface area contributed by atoms with Gasteiger partial charge in [-0.1, -0.05) is 33.6 Å². The van der Waals surface area contributed by atoms with Gasteiger partial charge in [0.25, 0.3) is 0 Å². The summed E-state index contributed by atoms with van der Waals surface area (Å²) in [7, 11) is 0. The van der Waals surface area contributed by atoms with Crippen molar-refractivity contribution in [3.63, 3.8) is 0 Å². The lowest BCUT2D eigenvalue weighted by Crippen LogP contribution is -2.39. The molecule has 2 heteroatoms. The van der Waals surface area contributed by atoms with Gasteiger partial charge >= 0.3 is 0 Å². The maximum atomic E-state index is 5.77. The Morgan fingerprint density at radius 3 is 2.50 bits per heavy atom. The number of ether oxygens (including phenoxy) is 1. The van der Waals surface area contributed by atoms with Gasteiger partial charge in [0.2, 0.25) is 0 Å². The number of hydrogen-bond donors (Lipinski definition) is 1. The van der Waals surface area contributed by atoms with Gasteiger partial charge in [-0.15, -0.1) is 0 Å². The van der Waals surface area contributed by atoms with Crippen molar-refractivity contribution in [2.24, 2.45) is 11.8 Å². The molecule has 0 aromatic rings. The van der Waals surface area contributed by atoms with E-state index in [0.29, 0.717) is 12.0 Å². The quantitative estimate of drug-likeness (QED) is 0.704. The Morgan fingerprint density at radius 2 is 1.88 bits per heavy atom. The van der Waals surface area contributed by atoms with Crippen LogP contribution in [0.2, 0.25) is 0 Å². The SMILES string of the molecule is CC(C)C(C)OCCNC1CCCCC1C. The van der Waals surface area contributed by atoms with Crippen LogP contribution >= 0.6 is 0 Å². The first-order chi connectivity index (χ1) is 7.61. The van der Waals surface area contributed by atoms with Crippen LogP contribution in [0.15, 0.2) is 0 Å². The highest BCUT2D eigenvalue weighted by Gasteiger charge is 2.20. The maximum Gasteiger partial charge on any atom is 0.0594 e. The minimum atomic E-state index is 0.380. The van der Waals surface area contributed by atoms with E-state index in [1.165, 1.54) is 25.7 Å². The van der Waals surface area contributed by atoms with E-state index >= 15 is 0 Å². The van der Waals surface area contributed by atoms with Crippen molar-refractivity contribution in [2.45, 2.75) is 65.5 Å². The summed E-state index contributed by atoms with van der Waals surface area (Å²) >= 11 is 0. The van der Waals surface area contributed by atoms with Crippen LogP contribution < -0.4 is 5.32 Å². The van der Waals surface area contributed by atoms with Gasteiger partial charge in [-0.3, -0.25) is 0 Å². The van der Waals surface area contributed by atoms with Crippen molar-refractivity contribution in [1.29, 1.82) is 0 Å². The lowest BCUT2D eigenvalue weighted by atomic mass is 9.86. The normalized spacial score (nSPS) is 28.3. The highest BCUT2D eigenvalue weighted by Crippen LogP contribution is 2.23. The second kappa shape index (κ2) is 7.29. The third kappa shape index (κ3) is 4.84. The van der Waals surface area contributed by atoms with Gasteiger partial charge in [-0.25, -0.2) is 0 Å².